The van der Waals surface area contributed by atoms with Gasteiger partial charge in [-0.15, -0.1) is 11.6 Å². The minimum Gasteiger partial charge on any atom is -0.336 e. The van der Waals surface area contributed by atoms with Gasteiger partial charge in [-0.1, -0.05) is 20.8 Å². The van der Waals surface area contributed by atoms with Crippen LogP contribution in [0.3, 0.4) is 0 Å². The second-order valence-electron chi connectivity index (χ2n) is 6.36. The van der Waals surface area contributed by atoms with E-state index >= 15 is 0 Å². The Labute approximate surface area is 98.0 Å². The Bertz CT molecular complexity index is 255. The van der Waals surface area contributed by atoms with E-state index in [1.54, 1.807) is 0 Å². The van der Waals surface area contributed by atoms with E-state index in [2.05, 4.69) is 34.6 Å². The second-order valence-corrected chi connectivity index (χ2v) is 6.97. The summed E-state index contributed by atoms with van der Waals surface area (Å²) in [5.74, 6) is 0.198. The summed E-state index contributed by atoms with van der Waals surface area (Å²) in [6.07, 6.45) is 1.49. The first-order valence-corrected chi connectivity index (χ1v) is 6.00. The molecule has 88 valence electrons. The van der Waals surface area contributed by atoms with Crippen LogP contribution >= 0.6 is 11.6 Å². The number of nitrogens with zero attached hydrogens (tertiary/aromatic N) is 1. The zero-order chi connectivity index (χ0) is 11.9. The van der Waals surface area contributed by atoms with Crippen molar-refractivity contribution < 1.29 is 4.79 Å². The smallest absolute Gasteiger partial charge is 0.224 e. The van der Waals surface area contributed by atoms with Gasteiger partial charge in [-0.3, -0.25) is 4.79 Å². The van der Waals surface area contributed by atoms with Crippen molar-refractivity contribution in [2.75, 3.05) is 6.54 Å². The lowest BCUT2D eigenvalue weighted by atomic mass is 9.81. The Balaban J connectivity index is 2.73. The van der Waals surface area contributed by atoms with E-state index < -0.39 is 0 Å². The number of rotatable bonds is 2. The molecule has 1 heterocycles. The molecule has 0 aromatic heterocycles. The average molecular weight is 232 g/mol. The predicted octanol–water partition coefficient (Wildman–Crippen LogP) is 3.04. The Kier molecular flexibility index (Phi) is 3.39. The molecule has 1 rings (SSSR count). The molecule has 0 spiro atoms. The van der Waals surface area contributed by atoms with Crippen molar-refractivity contribution in [1.82, 2.24) is 4.90 Å². The average Bonchev–Trinajstić information content (AvgIpc) is 2.24. The van der Waals surface area contributed by atoms with Gasteiger partial charge in [0.15, 0.2) is 0 Å². The Morgan fingerprint density at radius 1 is 1.33 bits per heavy atom. The van der Waals surface area contributed by atoms with Gasteiger partial charge in [0.25, 0.3) is 0 Å². The molecule has 1 unspecified atom stereocenters. The summed E-state index contributed by atoms with van der Waals surface area (Å²) in [5, 5.41) is -0.00302. The molecule has 15 heavy (non-hydrogen) atoms. The van der Waals surface area contributed by atoms with Gasteiger partial charge in [0.1, 0.15) is 0 Å². The molecule has 0 bridgehead atoms. The normalized spacial score (nSPS) is 23.7. The molecule has 0 aliphatic carbocycles. The van der Waals surface area contributed by atoms with Crippen molar-refractivity contribution in [1.29, 1.82) is 0 Å². The molecule has 1 saturated heterocycles. The third-order valence-corrected chi connectivity index (χ3v) is 3.06. The van der Waals surface area contributed by atoms with E-state index in [1.165, 1.54) is 0 Å². The fourth-order valence-corrected chi connectivity index (χ4v) is 2.91. The fourth-order valence-electron chi connectivity index (χ4n) is 2.64. The lowest BCUT2D eigenvalue weighted by molar-refractivity contribution is -0.133. The molecule has 3 heteroatoms. The molecular formula is C12H22ClNO. The van der Waals surface area contributed by atoms with E-state index in [1.807, 2.05) is 4.90 Å². The number of halogens is 1. The summed E-state index contributed by atoms with van der Waals surface area (Å²) < 4.78 is 0. The molecule has 0 aromatic rings. The first-order chi connectivity index (χ1) is 6.62. The van der Waals surface area contributed by atoms with Crippen LogP contribution in [0.15, 0.2) is 0 Å². The molecule has 0 aromatic carbocycles. The molecule has 1 fully saturated rings. The maximum atomic E-state index is 11.8. The van der Waals surface area contributed by atoms with Crippen LogP contribution in [0.4, 0.5) is 0 Å². The van der Waals surface area contributed by atoms with Crippen LogP contribution in [0.2, 0.25) is 0 Å². The maximum Gasteiger partial charge on any atom is 0.224 e. The van der Waals surface area contributed by atoms with E-state index in [4.69, 9.17) is 11.6 Å². The first kappa shape index (κ1) is 12.8. The molecule has 2 nitrogen and oxygen atoms in total. The van der Waals surface area contributed by atoms with Gasteiger partial charge in [-0.2, -0.15) is 0 Å². The highest BCUT2D eigenvalue weighted by atomic mass is 35.5. The summed E-state index contributed by atoms with van der Waals surface area (Å²) >= 11 is 6.02. The van der Waals surface area contributed by atoms with Crippen molar-refractivity contribution >= 4 is 17.5 Å². The Morgan fingerprint density at radius 3 is 2.20 bits per heavy atom. The van der Waals surface area contributed by atoms with Gasteiger partial charge in [0, 0.05) is 18.5 Å². The highest BCUT2D eigenvalue weighted by molar-refractivity contribution is 6.22. The van der Waals surface area contributed by atoms with E-state index in [-0.39, 0.29) is 22.2 Å². The summed E-state index contributed by atoms with van der Waals surface area (Å²) in [7, 11) is 0. The Hall–Kier alpha value is -0.240. The van der Waals surface area contributed by atoms with Gasteiger partial charge < -0.3 is 4.90 Å². The monoisotopic (exact) mass is 231 g/mol. The summed E-state index contributed by atoms with van der Waals surface area (Å²) in [6, 6.07) is 0. The van der Waals surface area contributed by atoms with Crippen molar-refractivity contribution in [3.8, 4) is 0 Å². The van der Waals surface area contributed by atoms with Crippen LogP contribution in [0.25, 0.3) is 0 Å². The molecule has 1 amide bonds. The van der Waals surface area contributed by atoms with Crippen molar-refractivity contribution in [2.45, 2.75) is 58.4 Å². The lowest BCUT2D eigenvalue weighted by Crippen LogP contribution is -2.47. The molecule has 1 atom stereocenters. The number of hydrogen-bond donors (Lipinski definition) is 0. The number of amides is 1. The number of hydrogen-bond acceptors (Lipinski definition) is 1. The quantitative estimate of drug-likeness (QED) is 0.669. The van der Waals surface area contributed by atoms with Gasteiger partial charge in [-0.25, -0.2) is 0 Å². The van der Waals surface area contributed by atoms with Crippen LogP contribution < -0.4 is 0 Å². The van der Waals surface area contributed by atoms with Crippen LogP contribution in [0.5, 0.6) is 0 Å². The maximum absolute atomic E-state index is 11.8. The van der Waals surface area contributed by atoms with Gasteiger partial charge in [0.2, 0.25) is 5.91 Å². The zero-order valence-corrected chi connectivity index (χ0v) is 11.2. The van der Waals surface area contributed by atoms with Crippen molar-refractivity contribution in [2.24, 2.45) is 5.41 Å². The standard InChI is InChI=1S/C12H22ClNO/c1-11(2,3)8-12(4,5)14-7-9(13)6-10(14)15/h9H,6-8H2,1-5H3. The molecule has 0 N–H and O–H groups in total. The lowest BCUT2D eigenvalue weighted by Gasteiger charge is -2.40. The number of carbonyl (C=O) groups excluding carboxylic acids is 1. The van der Waals surface area contributed by atoms with Crippen molar-refractivity contribution in [3.05, 3.63) is 0 Å². The van der Waals surface area contributed by atoms with Gasteiger partial charge >= 0.3 is 0 Å². The minimum atomic E-state index is -0.0844. The third-order valence-electron chi connectivity index (χ3n) is 2.77. The number of carbonyl (C=O) groups is 1. The first-order valence-electron chi connectivity index (χ1n) is 5.56. The van der Waals surface area contributed by atoms with Crippen LogP contribution in [-0.4, -0.2) is 28.3 Å². The van der Waals surface area contributed by atoms with Crippen LogP contribution in [0, 0.1) is 5.41 Å². The van der Waals surface area contributed by atoms with Crippen LogP contribution in [-0.2, 0) is 4.79 Å². The molecule has 1 aliphatic rings. The highest BCUT2D eigenvalue weighted by Gasteiger charge is 2.39. The number of likely N-dealkylation sites (tertiary alicyclic amines) is 1. The molecule has 0 radical (unpaired) electrons. The SMILES string of the molecule is CC(C)(C)CC(C)(C)N1CC(Cl)CC1=O. The third kappa shape index (κ3) is 3.37. The van der Waals surface area contributed by atoms with E-state index in [9.17, 15) is 4.79 Å². The summed E-state index contributed by atoms with van der Waals surface area (Å²) in [4.78, 5) is 13.7. The van der Waals surface area contributed by atoms with E-state index in [0.717, 1.165) is 6.42 Å². The highest BCUT2D eigenvalue weighted by Crippen LogP contribution is 2.34. The zero-order valence-electron chi connectivity index (χ0n) is 10.4. The minimum absolute atomic E-state index is 0.00302. The molecular weight excluding hydrogens is 210 g/mol. The van der Waals surface area contributed by atoms with Crippen molar-refractivity contribution in [3.63, 3.8) is 0 Å². The number of alkyl halides is 1. The Morgan fingerprint density at radius 2 is 1.87 bits per heavy atom. The topological polar surface area (TPSA) is 20.3 Å². The van der Waals surface area contributed by atoms with Gasteiger partial charge in [0.05, 0.1) is 5.38 Å². The second kappa shape index (κ2) is 3.97. The largest absolute Gasteiger partial charge is 0.336 e. The predicted molar refractivity (Wildman–Crippen MR) is 64.1 cm³/mol. The van der Waals surface area contributed by atoms with Gasteiger partial charge in [-0.05, 0) is 25.7 Å². The van der Waals surface area contributed by atoms with E-state index in [0.29, 0.717) is 13.0 Å². The summed E-state index contributed by atoms with van der Waals surface area (Å²) in [6.45, 7) is 11.6. The molecule has 1 aliphatic heterocycles. The fraction of sp³-hybridized carbons (Fsp3) is 0.917. The van der Waals surface area contributed by atoms with Crippen LogP contribution in [0.1, 0.15) is 47.5 Å². The summed E-state index contributed by atoms with van der Waals surface area (Å²) in [5.41, 5.74) is 0.146. The molecule has 0 saturated carbocycles.